The molecular weight excluding hydrogens is 360 g/mol. The van der Waals surface area contributed by atoms with Gasteiger partial charge in [-0.25, -0.2) is 5.43 Å². The highest BCUT2D eigenvalue weighted by atomic mass is 35.5. The first-order chi connectivity index (χ1) is 13.1. The SMILES string of the molecule is Cc1cc(Cl)ccc1OCC(=O)NN=Cc1ccc(-c2ccccc2)cc1. The molecule has 5 heteroatoms. The van der Waals surface area contributed by atoms with Crippen molar-refractivity contribution >= 4 is 23.7 Å². The molecule has 3 aromatic rings. The molecule has 0 heterocycles. The lowest BCUT2D eigenvalue weighted by molar-refractivity contribution is -0.123. The van der Waals surface area contributed by atoms with E-state index < -0.39 is 0 Å². The van der Waals surface area contributed by atoms with Gasteiger partial charge in [0.2, 0.25) is 0 Å². The van der Waals surface area contributed by atoms with Gasteiger partial charge in [0.15, 0.2) is 6.61 Å². The fourth-order valence-corrected chi connectivity index (χ4v) is 2.75. The van der Waals surface area contributed by atoms with Gasteiger partial charge in [-0.05, 0) is 47.4 Å². The van der Waals surface area contributed by atoms with Crippen molar-refractivity contribution in [3.63, 3.8) is 0 Å². The zero-order valence-electron chi connectivity index (χ0n) is 14.9. The van der Waals surface area contributed by atoms with Crippen molar-refractivity contribution in [1.29, 1.82) is 0 Å². The molecule has 0 saturated heterocycles. The average Bonchev–Trinajstić information content (AvgIpc) is 2.68. The molecule has 3 aromatic carbocycles. The Balaban J connectivity index is 1.50. The Morgan fingerprint density at radius 2 is 1.74 bits per heavy atom. The minimum absolute atomic E-state index is 0.118. The Morgan fingerprint density at radius 1 is 1.04 bits per heavy atom. The molecule has 4 nitrogen and oxygen atoms in total. The summed E-state index contributed by atoms with van der Waals surface area (Å²) in [7, 11) is 0. The number of nitrogens with one attached hydrogen (secondary N) is 1. The maximum Gasteiger partial charge on any atom is 0.277 e. The standard InChI is InChI=1S/C22H19ClN2O2/c1-16-13-20(23)11-12-21(16)27-15-22(26)25-24-14-17-7-9-19(10-8-17)18-5-3-2-4-6-18/h2-14H,15H2,1H3,(H,25,26). The molecule has 0 aromatic heterocycles. The first-order valence-electron chi connectivity index (χ1n) is 8.48. The molecule has 0 aliphatic rings. The second-order valence-corrected chi connectivity index (χ2v) is 6.42. The van der Waals surface area contributed by atoms with Crippen LogP contribution in [0.3, 0.4) is 0 Å². The van der Waals surface area contributed by atoms with E-state index in [1.54, 1.807) is 24.4 Å². The van der Waals surface area contributed by atoms with Gasteiger partial charge in [-0.15, -0.1) is 0 Å². The van der Waals surface area contributed by atoms with Gasteiger partial charge in [0.05, 0.1) is 6.21 Å². The minimum Gasteiger partial charge on any atom is -0.483 e. The molecule has 136 valence electrons. The third-order valence-electron chi connectivity index (χ3n) is 3.92. The van der Waals surface area contributed by atoms with Gasteiger partial charge in [-0.1, -0.05) is 66.2 Å². The van der Waals surface area contributed by atoms with Gasteiger partial charge in [-0.3, -0.25) is 4.79 Å². The quantitative estimate of drug-likeness (QED) is 0.492. The maximum atomic E-state index is 11.8. The van der Waals surface area contributed by atoms with Crippen LogP contribution in [0.25, 0.3) is 11.1 Å². The number of aryl methyl sites for hydroxylation is 1. The largest absolute Gasteiger partial charge is 0.483 e. The maximum absolute atomic E-state index is 11.8. The molecule has 0 bridgehead atoms. The van der Waals surface area contributed by atoms with E-state index >= 15 is 0 Å². The molecule has 1 amide bonds. The van der Waals surface area contributed by atoms with Crippen LogP contribution in [0.5, 0.6) is 5.75 Å². The molecule has 0 atom stereocenters. The van der Waals surface area contributed by atoms with E-state index in [1.165, 1.54) is 0 Å². The third-order valence-corrected chi connectivity index (χ3v) is 4.15. The summed E-state index contributed by atoms with van der Waals surface area (Å²) < 4.78 is 5.48. The van der Waals surface area contributed by atoms with Crippen LogP contribution in [-0.4, -0.2) is 18.7 Å². The fraction of sp³-hybridized carbons (Fsp3) is 0.0909. The normalized spacial score (nSPS) is 10.7. The number of ether oxygens (including phenoxy) is 1. The summed E-state index contributed by atoms with van der Waals surface area (Å²) in [5.74, 6) is 0.288. The molecule has 0 unspecified atom stereocenters. The van der Waals surface area contributed by atoms with Crippen molar-refractivity contribution in [3.05, 3.63) is 88.9 Å². The lowest BCUT2D eigenvalue weighted by atomic mass is 10.0. The summed E-state index contributed by atoms with van der Waals surface area (Å²) in [6.45, 7) is 1.75. The Bertz CT molecular complexity index is 938. The smallest absolute Gasteiger partial charge is 0.277 e. The van der Waals surface area contributed by atoms with E-state index in [1.807, 2.05) is 49.4 Å². The summed E-state index contributed by atoms with van der Waals surface area (Å²) in [6.07, 6.45) is 1.60. The average molecular weight is 379 g/mol. The highest BCUT2D eigenvalue weighted by Crippen LogP contribution is 2.21. The van der Waals surface area contributed by atoms with E-state index in [-0.39, 0.29) is 12.5 Å². The Kier molecular flexibility index (Phi) is 6.23. The Morgan fingerprint density at radius 3 is 2.44 bits per heavy atom. The first-order valence-corrected chi connectivity index (χ1v) is 8.86. The second kappa shape index (κ2) is 9.01. The van der Waals surface area contributed by atoms with Crippen LogP contribution < -0.4 is 10.2 Å². The number of hydrogen-bond donors (Lipinski definition) is 1. The molecule has 0 radical (unpaired) electrons. The van der Waals surface area contributed by atoms with Gasteiger partial charge in [0.1, 0.15) is 5.75 Å². The molecule has 0 saturated carbocycles. The molecule has 0 aliphatic carbocycles. The molecule has 27 heavy (non-hydrogen) atoms. The van der Waals surface area contributed by atoms with Gasteiger partial charge in [0.25, 0.3) is 5.91 Å². The number of nitrogens with zero attached hydrogens (tertiary/aromatic N) is 1. The van der Waals surface area contributed by atoms with Crippen molar-refractivity contribution in [2.45, 2.75) is 6.92 Å². The number of rotatable bonds is 6. The van der Waals surface area contributed by atoms with Gasteiger partial charge < -0.3 is 4.74 Å². The predicted octanol–water partition coefficient (Wildman–Crippen LogP) is 4.84. The summed E-state index contributed by atoms with van der Waals surface area (Å²) in [5.41, 5.74) is 6.51. The van der Waals surface area contributed by atoms with Gasteiger partial charge in [-0.2, -0.15) is 5.10 Å². The number of carbonyl (C=O) groups excluding carboxylic acids is 1. The van der Waals surface area contributed by atoms with E-state index in [0.29, 0.717) is 10.8 Å². The van der Waals surface area contributed by atoms with Crippen LogP contribution in [0.4, 0.5) is 0 Å². The molecule has 0 fully saturated rings. The van der Waals surface area contributed by atoms with E-state index in [9.17, 15) is 4.79 Å². The minimum atomic E-state index is -0.332. The van der Waals surface area contributed by atoms with Crippen molar-refractivity contribution in [2.75, 3.05) is 6.61 Å². The number of benzene rings is 3. The van der Waals surface area contributed by atoms with Crippen molar-refractivity contribution in [1.82, 2.24) is 5.43 Å². The first kappa shape index (κ1) is 18.7. The number of hydrazone groups is 1. The summed E-state index contributed by atoms with van der Waals surface area (Å²) in [5, 5.41) is 4.60. The Labute approximate surface area is 163 Å². The topological polar surface area (TPSA) is 50.7 Å². The number of carbonyl (C=O) groups is 1. The number of halogens is 1. The summed E-state index contributed by atoms with van der Waals surface area (Å²) in [4.78, 5) is 11.8. The van der Waals surface area contributed by atoms with Crippen molar-refractivity contribution in [2.24, 2.45) is 5.10 Å². The molecule has 0 aliphatic heterocycles. The van der Waals surface area contributed by atoms with E-state index in [0.717, 1.165) is 22.3 Å². The van der Waals surface area contributed by atoms with Crippen LogP contribution in [0.1, 0.15) is 11.1 Å². The highest BCUT2D eigenvalue weighted by Gasteiger charge is 2.04. The van der Waals surface area contributed by atoms with Crippen LogP contribution in [-0.2, 0) is 4.79 Å². The van der Waals surface area contributed by atoms with E-state index in [2.05, 4.69) is 22.7 Å². The van der Waals surface area contributed by atoms with Gasteiger partial charge in [0, 0.05) is 5.02 Å². The predicted molar refractivity (Wildman–Crippen MR) is 109 cm³/mol. The van der Waals surface area contributed by atoms with Crippen LogP contribution in [0, 0.1) is 6.92 Å². The lowest BCUT2D eigenvalue weighted by Gasteiger charge is -2.08. The van der Waals surface area contributed by atoms with Crippen LogP contribution in [0.15, 0.2) is 77.9 Å². The summed E-state index contributed by atoms with van der Waals surface area (Å²) >= 11 is 5.90. The monoisotopic (exact) mass is 378 g/mol. The fourth-order valence-electron chi connectivity index (χ4n) is 2.52. The zero-order chi connectivity index (χ0) is 19.1. The molecule has 1 N–H and O–H groups in total. The summed E-state index contributed by atoms with van der Waals surface area (Å²) in [6, 6.07) is 23.3. The highest BCUT2D eigenvalue weighted by molar-refractivity contribution is 6.30. The third kappa shape index (κ3) is 5.43. The molecular formula is C22H19ClN2O2. The number of amides is 1. The van der Waals surface area contributed by atoms with Crippen LogP contribution in [0.2, 0.25) is 5.02 Å². The van der Waals surface area contributed by atoms with Crippen molar-refractivity contribution < 1.29 is 9.53 Å². The molecule has 0 spiro atoms. The van der Waals surface area contributed by atoms with Gasteiger partial charge >= 0.3 is 0 Å². The Hall–Kier alpha value is -3.11. The zero-order valence-corrected chi connectivity index (χ0v) is 15.6. The van der Waals surface area contributed by atoms with Crippen LogP contribution >= 0.6 is 11.6 Å². The van der Waals surface area contributed by atoms with E-state index in [4.69, 9.17) is 16.3 Å². The number of hydrogen-bond acceptors (Lipinski definition) is 3. The second-order valence-electron chi connectivity index (χ2n) is 5.98. The van der Waals surface area contributed by atoms with Crippen molar-refractivity contribution in [3.8, 4) is 16.9 Å². The molecule has 3 rings (SSSR count). The lowest BCUT2D eigenvalue weighted by Crippen LogP contribution is -2.24.